The zero-order valence-corrected chi connectivity index (χ0v) is 10.4. The van der Waals surface area contributed by atoms with Gasteiger partial charge in [-0.05, 0) is 32.4 Å². The minimum absolute atomic E-state index is 0.550. The fourth-order valence-corrected chi connectivity index (χ4v) is 2.60. The Balaban J connectivity index is 3.02. The number of aryl methyl sites for hydroxylation is 3. The molecule has 0 unspecified atom stereocenters. The van der Waals surface area contributed by atoms with Gasteiger partial charge in [0.15, 0.2) is 0 Å². The highest BCUT2D eigenvalue weighted by molar-refractivity contribution is 6.32. The van der Waals surface area contributed by atoms with E-state index in [4.69, 9.17) is 16.9 Å². The third-order valence-corrected chi connectivity index (χ3v) is 3.25. The number of rotatable bonds is 1. The van der Waals surface area contributed by atoms with E-state index < -0.39 is 0 Å². The van der Waals surface area contributed by atoms with Gasteiger partial charge in [-0.15, -0.1) is 0 Å². The largest absolute Gasteiger partial charge is 0.331 e. The molecule has 3 heteroatoms. The van der Waals surface area contributed by atoms with Crippen molar-refractivity contribution in [3.05, 3.63) is 34.0 Å². The van der Waals surface area contributed by atoms with Gasteiger partial charge < -0.3 is 4.57 Å². The second kappa shape index (κ2) is 3.84. The second-order valence-corrected chi connectivity index (χ2v) is 4.36. The van der Waals surface area contributed by atoms with Crippen LogP contribution in [0.25, 0.3) is 10.9 Å². The maximum atomic E-state index is 9.16. The minimum Gasteiger partial charge on any atom is -0.331 e. The molecule has 0 N–H and O–H groups in total. The summed E-state index contributed by atoms with van der Waals surface area (Å²) >= 11 is 6.22. The summed E-state index contributed by atoms with van der Waals surface area (Å²) in [5.74, 6) is 0. The predicted octanol–water partition coefficient (Wildman–Crippen LogP) is 3.80. The lowest BCUT2D eigenvalue weighted by Crippen LogP contribution is -1.95. The van der Waals surface area contributed by atoms with Crippen LogP contribution >= 0.6 is 11.6 Å². The Morgan fingerprint density at radius 2 is 2.06 bits per heavy atom. The van der Waals surface area contributed by atoms with Crippen LogP contribution in [0.2, 0.25) is 5.15 Å². The van der Waals surface area contributed by atoms with E-state index in [2.05, 4.69) is 19.1 Å². The molecule has 16 heavy (non-hydrogen) atoms. The summed E-state index contributed by atoms with van der Waals surface area (Å²) in [7, 11) is 0. The van der Waals surface area contributed by atoms with Gasteiger partial charge in [0.1, 0.15) is 11.2 Å². The first-order valence-corrected chi connectivity index (χ1v) is 5.67. The highest BCUT2D eigenvalue weighted by Crippen LogP contribution is 2.32. The van der Waals surface area contributed by atoms with Gasteiger partial charge in [-0.25, -0.2) is 0 Å². The molecule has 2 aromatic rings. The molecule has 0 aliphatic rings. The Labute approximate surface area is 100 Å². The van der Waals surface area contributed by atoms with Crippen LogP contribution in [0.3, 0.4) is 0 Å². The van der Waals surface area contributed by atoms with Gasteiger partial charge in [0.2, 0.25) is 0 Å². The molecule has 1 aromatic carbocycles. The summed E-state index contributed by atoms with van der Waals surface area (Å²) in [6.45, 7) is 6.90. The highest BCUT2D eigenvalue weighted by atomic mass is 35.5. The third kappa shape index (κ3) is 1.40. The van der Waals surface area contributed by atoms with Crippen LogP contribution in [0.15, 0.2) is 12.1 Å². The quantitative estimate of drug-likeness (QED) is 0.735. The number of hydrogen-bond acceptors (Lipinski definition) is 1. The van der Waals surface area contributed by atoms with Crippen molar-refractivity contribution in [1.29, 1.82) is 5.26 Å². The molecule has 0 amide bonds. The van der Waals surface area contributed by atoms with Crippen molar-refractivity contribution < 1.29 is 0 Å². The Bertz CT molecular complexity index is 603. The van der Waals surface area contributed by atoms with Crippen molar-refractivity contribution in [1.82, 2.24) is 4.57 Å². The van der Waals surface area contributed by atoms with E-state index in [9.17, 15) is 0 Å². The number of nitrogens with zero attached hydrogens (tertiary/aromatic N) is 2. The average molecular weight is 233 g/mol. The average Bonchev–Trinajstić information content (AvgIpc) is 2.49. The number of hydrogen-bond donors (Lipinski definition) is 0. The molecule has 0 aliphatic heterocycles. The van der Waals surface area contributed by atoms with Crippen molar-refractivity contribution >= 4 is 22.5 Å². The van der Waals surface area contributed by atoms with Gasteiger partial charge in [0.25, 0.3) is 0 Å². The molecule has 1 aromatic heterocycles. The zero-order chi connectivity index (χ0) is 11.9. The molecule has 2 nitrogen and oxygen atoms in total. The maximum absolute atomic E-state index is 9.16. The number of fused-ring (bicyclic) bond motifs is 1. The SMILES string of the molecule is CCn1c(Cl)c(C#N)c2cc(C)cc(C)c21. The molecule has 0 bridgehead atoms. The van der Waals surface area contributed by atoms with E-state index in [1.54, 1.807) is 0 Å². The van der Waals surface area contributed by atoms with E-state index in [0.717, 1.165) is 23.0 Å². The smallest absolute Gasteiger partial charge is 0.128 e. The molecule has 2 rings (SSSR count). The molecule has 0 aliphatic carbocycles. The zero-order valence-electron chi connectivity index (χ0n) is 9.63. The molecular formula is C13H13ClN2. The summed E-state index contributed by atoms with van der Waals surface area (Å²) < 4.78 is 1.99. The topological polar surface area (TPSA) is 28.7 Å². The van der Waals surface area contributed by atoms with Gasteiger partial charge in [-0.3, -0.25) is 0 Å². The van der Waals surface area contributed by atoms with Crippen molar-refractivity contribution in [2.75, 3.05) is 0 Å². The summed E-state index contributed by atoms with van der Waals surface area (Å²) in [6, 6.07) is 6.34. The molecule has 0 radical (unpaired) electrons. The minimum atomic E-state index is 0.550. The van der Waals surface area contributed by atoms with E-state index >= 15 is 0 Å². The normalized spacial score (nSPS) is 10.7. The van der Waals surface area contributed by atoms with Crippen molar-refractivity contribution in [2.24, 2.45) is 0 Å². The lowest BCUT2D eigenvalue weighted by Gasteiger charge is -2.05. The molecule has 0 saturated carbocycles. The summed E-state index contributed by atoms with van der Waals surface area (Å²) in [5, 5.41) is 10.7. The summed E-state index contributed by atoms with van der Waals surface area (Å²) in [6.07, 6.45) is 0. The Hall–Kier alpha value is -1.46. The van der Waals surface area contributed by atoms with Gasteiger partial charge >= 0.3 is 0 Å². The highest BCUT2D eigenvalue weighted by Gasteiger charge is 2.16. The molecule has 82 valence electrons. The van der Waals surface area contributed by atoms with Crippen molar-refractivity contribution in [2.45, 2.75) is 27.3 Å². The number of halogens is 1. The maximum Gasteiger partial charge on any atom is 0.128 e. The molecule has 0 atom stereocenters. The standard InChI is InChI=1S/C13H13ClN2/c1-4-16-12-9(3)5-8(2)6-10(12)11(7-15)13(16)14/h5-6H,4H2,1-3H3. The number of aromatic nitrogens is 1. The first kappa shape index (κ1) is 11.0. The molecule has 0 saturated heterocycles. The van der Waals surface area contributed by atoms with Gasteiger partial charge in [-0.1, -0.05) is 23.2 Å². The Morgan fingerprint density at radius 1 is 1.38 bits per heavy atom. The lowest BCUT2D eigenvalue weighted by molar-refractivity contribution is 0.795. The van der Waals surface area contributed by atoms with Crippen LogP contribution in [0, 0.1) is 25.2 Å². The molecule has 0 fully saturated rings. The van der Waals surface area contributed by atoms with Crippen molar-refractivity contribution in [3.63, 3.8) is 0 Å². The predicted molar refractivity (Wildman–Crippen MR) is 66.8 cm³/mol. The first-order valence-electron chi connectivity index (χ1n) is 5.29. The molecule has 1 heterocycles. The van der Waals surface area contributed by atoms with Crippen LogP contribution in [0.4, 0.5) is 0 Å². The fourth-order valence-electron chi connectivity index (χ4n) is 2.26. The van der Waals surface area contributed by atoms with Crippen LogP contribution in [-0.2, 0) is 6.54 Å². The Morgan fingerprint density at radius 3 is 2.62 bits per heavy atom. The summed E-state index contributed by atoms with van der Waals surface area (Å²) in [5.41, 5.74) is 3.99. The van der Waals surface area contributed by atoms with Gasteiger partial charge in [0, 0.05) is 11.9 Å². The fraction of sp³-hybridized carbons (Fsp3) is 0.308. The van der Waals surface area contributed by atoms with E-state index in [1.165, 1.54) is 5.56 Å². The van der Waals surface area contributed by atoms with E-state index in [-0.39, 0.29) is 0 Å². The van der Waals surface area contributed by atoms with Crippen LogP contribution in [0.1, 0.15) is 23.6 Å². The van der Waals surface area contributed by atoms with Gasteiger partial charge in [-0.2, -0.15) is 5.26 Å². The van der Waals surface area contributed by atoms with Crippen LogP contribution < -0.4 is 0 Å². The van der Waals surface area contributed by atoms with Gasteiger partial charge in [0.05, 0.1) is 11.1 Å². The lowest BCUT2D eigenvalue weighted by atomic mass is 10.1. The van der Waals surface area contributed by atoms with E-state index in [1.807, 2.05) is 24.5 Å². The summed E-state index contributed by atoms with van der Waals surface area (Å²) in [4.78, 5) is 0. The van der Waals surface area contributed by atoms with E-state index in [0.29, 0.717) is 10.7 Å². The third-order valence-electron chi connectivity index (χ3n) is 2.86. The molecule has 0 spiro atoms. The Kier molecular flexibility index (Phi) is 2.65. The van der Waals surface area contributed by atoms with Crippen LogP contribution in [-0.4, -0.2) is 4.57 Å². The van der Waals surface area contributed by atoms with Crippen LogP contribution in [0.5, 0.6) is 0 Å². The first-order chi connectivity index (χ1) is 7.60. The van der Waals surface area contributed by atoms with Crippen molar-refractivity contribution in [3.8, 4) is 6.07 Å². The second-order valence-electron chi connectivity index (χ2n) is 4.00. The number of benzene rings is 1. The monoisotopic (exact) mass is 232 g/mol. The molecular weight excluding hydrogens is 220 g/mol. The number of nitriles is 1.